The minimum absolute atomic E-state index is 0.00646. The molecule has 2 atom stereocenters. The number of carbonyl (C=O) groups is 2. The summed E-state index contributed by atoms with van der Waals surface area (Å²) in [6, 6.07) is 11.3. The topological polar surface area (TPSA) is 100 Å². The van der Waals surface area contributed by atoms with E-state index in [4.69, 9.17) is 4.52 Å². The number of aryl methyl sites for hydroxylation is 2. The maximum Gasteiger partial charge on any atom is 0.243 e. The van der Waals surface area contributed by atoms with Gasteiger partial charge in [0.2, 0.25) is 23.5 Å². The van der Waals surface area contributed by atoms with Gasteiger partial charge in [0.1, 0.15) is 5.82 Å². The molecule has 1 saturated heterocycles. The van der Waals surface area contributed by atoms with E-state index in [9.17, 15) is 14.0 Å². The number of para-hydroxylation sites is 1. The van der Waals surface area contributed by atoms with Crippen molar-refractivity contribution < 1.29 is 18.5 Å². The van der Waals surface area contributed by atoms with Crippen LogP contribution in [-0.4, -0.2) is 52.5 Å². The third-order valence-corrected chi connectivity index (χ3v) is 6.44. The second kappa shape index (κ2) is 10.8. The lowest BCUT2D eigenvalue weighted by atomic mass is 9.96. The molecule has 2 aromatic carbocycles. The number of hydrogen-bond acceptors (Lipinski definition) is 6. The van der Waals surface area contributed by atoms with Crippen molar-refractivity contribution >= 4 is 17.5 Å². The minimum atomic E-state index is -0.412. The molecule has 0 bridgehead atoms. The Morgan fingerprint density at radius 3 is 2.60 bits per heavy atom. The molecule has 8 nitrogen and oxygen atoms in total. The molecule has 3 aromatic rings. The van der Waals surface area contributed by atoms with E-state index in [0.29, 0.717) is 23.8 Å². The van der Waals surface area contributed by atoms with Gasteiger partial charge >= 0.3 is 0 Å². The number of amides is 2. The number of halogens is 1. The van der Waals surface area contributed by atoms with Crippen LogP contribution in [-0.2, 0) is 9.59 Å². The maximum atomic E-state index is 13.2. The molecule has 2 heterocycles. The lowest BCUT2D eigenvalue weighted by Gasteiger charge is -2.34. The first kappa shape index (κ1) is 24.5. The third-order valence-electron chi connectivity index (χ3n) is 6.44. The van der Waals surface area contributed by atoms with Gasteiger partial charge in [-0.05, 0) is 75.5 Å². The highest BCUT2D eigenvalue weighted by molar-refractivity contribution is 5.96. The Morgan fingerprint density at radius 2 is 1.89 bits per heavy atom. The summed E-state index contributed by atoms with van der Waals surface area (Å²) in [4.78, 5) is 31.8. The molecule has 0 spiro atoms. The van der Waals surface area contributed by atoms with E-state index in [0.717, 1.165) is 36.2 Å². The summed E-state index contributed by atoms with van der Waals surface area (Å²) >= 11 is 0. The predicted molar refractivity (Wildman–Crippen MR) is 130 cm³/mol. The highest BCUT2D eigenvalue weighted by Crippen LogP contribution is 2.28. The normalized spacial score (nSPS) is 17.1. The molecule has 2 amide bonds. The molecule has 0 radical (unpaired) electrons. The largest absolute Gasteiger partial charge is 0.346 e. The van der Waals surface area contributed by atoms with Gasteiger partial charge < -0.3 is 15.2 Å². The van der Waals surface area contributed by atoms with Crippen molar-refractivity contribution in [3.63, 3.8) is 0 Å². The fraction of sp³-hybridized carbons (Fsp3) is 0.385. The van der Waals surface area contributed by atoms with E-state index in [-0.39, 0.29) is 30.1 Å². The molecular formula is C26H30FN5O3. The van der Waals surface area contributed by atoms with Crippen molar-refractivity contribution in [3.05, 3.63) is 65.3 Å². The van der Waals surface area contributed by atoms with Gasteiger partial charge in [-0.25, -0.2) is 4.39 Å². The SMILES string of the molecule is Cc1cccc(C)c1NC(=O)CNC(=O)C(C)N1CCCC(c2nc(-c3ccc(F)cc3)no2)C1. The number of benzene rings is 2. The monoisotopic (exact) mass is 479 g/mol. The number of piperidine rings is 1. The molecule has 0 aliphatic carbocycles. The van der Waals surface area contributed by atoms with E-state index in [1.807, 2.05) is 39.0 Å². The summed E-state index contributed by atoms with van der Waals surface area (Å²) in [6.07, 6.45) is 1.75. The molecule has 35 heavy (non-hydrogen) atoms. The van der Waals surface area contributed by atoms with Gasteiger partial charge in [-0.3, -0.25) is 14.5 Å². The zero-order chi connectivity index (χ0) is 24.9. The fourth-order valence-electron chi connectivity index (χ4n) is 4.35. The van der Waals surface area contributed by atoms with Crippen LogP contribution >= 0.6 is 0 Å². The van der Waals surface area contributed by atoms with Crippen molar-refractivity contribution in [2.45, 2.75) is 45.6 Å². The number of nitrogens with one attached hydrogen (secondary N) is 2. The Hall–Kier alpha value is -3.59. The standard InChI is InChI=1S/C26H30FN5O3/c1-16-6-4-7-17(2)23(16)29-22(33)14-28-25(34)18(3)32-13-5-8-20(15-32)26-30-24(31-35-26)19-9-11-21(27)12-10-19/h4,6-7,9-12,18,20H,5,8,13-15H2,1-3H3,(H,28,34)(H,29,33). The van der Waals surface area contributed by atoms with Crippen LogP contribution in [0.15, 0.2) is 47.0 Å². The molecule has 9 heteroatoms. The quantitative estimate of drug-likeness (QED) is 0.535. The Morgan fingerprint density at radius 1 is 1.17 bits per heavy atom. The van der Waals surface area contributed by atoms with E-state index in [1.54, 1.807) is 12.1 Å². The second-order valence-corrected chi connectivity index (χ2v) is 9.01. The molecule has 4 rings (SSSR count). The van der Waals surface area contributed by atoms with Crippen LogP contribution < -0.4 is 10.6 Å². The van der Waals surface area contributed by atoms with Gasteiger partial charge in [0.05, 0.1) is 18.5 Å². The van der Waals surface area contributed by atoms with Gasteiger partial charge in [-0.15, -0.1) is 0 Å². The van der Waals surface area contributed by atoms with Gasteiger partial charge in [0.25, 0.3) is 0 Å². The number of aromatic nitrogens is 2. The summed E-state index contributed by atoms with van der Waals surface area (Å²) in [7, 11) is 0. The highest BCUT2D eigenvalue weighted by Gasteiger charge is 2.31. The molecule has 1 fully saturated rings. The molecule has 1 aliphatic heterocycles. The van der Waals surface area contributed by atoms with Gasteiger partial charge in [0.15, 0.2) is 0 Å². The van der Waals surface area contributed by atoms with Gasteiger partial charge in [-0.2, -0.15) is 4.98 Å². The van der Waals surface area contributed by atoms with E-state index >= 15 is 0 Å². The van der Waals surface area contributed by atoms with Crippen LogP contribution in [0.4, 0.5) is 10.1 Å². The zero-order valence-corrected chi connectivity index (χ0v) is 20.2. The van der Waals surface area contributed by atoms with Crippen molar-refractivity contribution in [1.29, 1.82) is 0 Å². The van der Waals surface area contributed by atoms with Crippen LogP contribution in [0, 0.1) is 19.7 Å². The summed E-state index contributed by atoms with van der Waals surface area (Å²) in [6.45, 7) is 6.95. The fourth-order valence-corrected chi connectivity index (χ4v) is 4.35. The Bertz CT molecular complexity index is 1170. The second-order valence-electron chi connectivity index (χ2n) is 9.01. The van der Waals surface area contributed by atoms with Crippen LogP contribution in [0.1, 0.15) is 42.7 Å². The third kappa shape index (κ3) is 5.92. The summed E-state index contributed by atoms with van der Waals surface area (Å²) in [5, 5.41) is 9.67. The average molecular weight is 480 g/mol. The number of hydrogen-bond donors (Lipinski definition) is 2. The van der Waals surface area contributed by atoms with Gasteiger partial charge in [0, 0.05) is 17.8 Å². The van der Waals surface area contributed by atoms with Crippen LogP contribution in [0.3, 0.4) is 0 Å². The van der Waals surface area contributed by atoms with E-state index in [1.165, 1.54) is 12.1 Å². The molecule has 2 N–H and O–H groups in total. The summed E-state index contributed by atoms with van der Waals surface area (Å²) in [5.41, 5.74) is 3.40. The lowest BCUT2D eigenvalue weighted by Crippen LogP contribution is -2.49. The number of nitrogens with zero attached hydrogens (tertiary/aromatic N) is 3. The Balaban J connectivity index is 1.31. The molecule has 0 saturated carbocycles. The maximum absolute atomic E-state index is 13.2. The first-order chi connectivity index (χ1) is 16.8. The Labute approximate surface area is 203 Å². The van der Waals surface area contributed by atoms with Gasteiger partial charge in [-0.1, -0.05) is 23.4 Å². The van der Waals surface area contributed by atoms with Crippen LogP contribution in [0.2, 0.25) is 0 Å². The minimum Gasteiger partial charge on any atom is -0.346 e. The number of carbonyl (C=O) groups excluding carboxylic acids is 2. The average Bonchev–Trinajstić information content (AvgIpc) is 3.35. The summed E-state index contributed by atoms with van der Waals surface area (Å²) in [5.74, 6) is 0.120. The van der Waals surface area contributed by atoms with E-state index < -0.39 is 6.04 Å². The highest BCUT2D eigenvalue weighted by atomic mass is 19.1. The number of likely N-dealkylation sites (tertiary alicyclic amines) is 1. The van der Waals surface area contributed by atoms with Crippen LogP contribution in [0.5, 0.6) is 0 Å². The molecule has 1 aromatic heterocycles. The smallest absolute Gasteiger partial charge is 0.243 e. The number of rotatable bonds is 7. The van der Waals surface area contributed by atoms with Crippen LogP contribution in [0.25, 0.3) is 11.4 Å². The molecular weight excluding hydrogens is 449 g/mol. The summed E-state index contributed by atoms with van der Waals surface area (Å²) < 4.78 is 18.7. The van der Waals surface area contributed by atoms with Crippen molar-refractivity contribution in [1.82, 2.24) is 20.4 Å². The Kier molecular flexibility index (Phi) is 7.55. The first-order valence-electron chi connectivity index (χ1n) is 11.8. The van der Waals surface area contributed by atoms with E-state index in [2.05, 4.69) is 25.7 Å². The van der Waals surface area contributed by atoms with Crippen molar-refractivity contribution in [2.75, 3.05) is 25.0 Å². The molecule has 184 valence electrons. The number of anilines is 1. The molecule has 1 aliphatic rings. The van der Waals surface area contributed by atoms with Crippen molar-refractivity contribution in [3.8, 4) is 11.4 Å². The lowest BCUT2D eigenvalue weighted by molar-refractivity contribution is -0.128. The van der Waals surface area contributed by atoms with Crippen molar-refractivity contribution in [2.24, 2.45) is 0 Å². The zero-order valence-electron chi connectivity index (χ0n) is 20.2. The predicted octanol–water partition coefficient (Wildman–Crippen LogP) is 3.82. The molecule has 2 unspecified atom stereocenters. The first-order valence-corrected chi connectivity index (χ1v) is 11.8.